The van der Waals surface area contributed by atoms with Crippen molar-refractivity contribution in [2.24, 2.45) is 5.14 Å². The summed E-state index contributed by atoms with van der Waals surface area (Å²) in [7, 11) is -4.16. The Morgan fingerprint density at radius 2 is 1.90 bits per heavy atom. The van der Waals surface area contributed by atoms with Crippen molar-refractivity contribution in [3.05, 3.63) is 58.6 Å². The molecule has 4 nitrogen and oxygen atoms in total. The normalized spacial score (nSPS) is 11.4. The van der Waals surface area contributed by atoms with Crippen LogP contribution in [-0.2, 0) is 16.6 Å². The second kappa shape index (κ2) is 5.97. The first-order valence-corrected chi connectivity index (χ1v) is 7.59. The lowest BCUT2D eigenvalue weighted by Crippen LogP contribution is -2.14. The Labute approximate surface area is 125 Å². The van der Waals surface area contributed by atoms with Gasteiger partial charge in [0.05, 0.1) is 5.02 Å². The van der Waals surface area contributed by atoms with Gasteiger partial charge in [0.1, 0.15) is 28.9 Å². The Kier molecular flexibility index (Phi) is 4.46. The zero-order chi connectivity index (χ0) is 15.6. The molecule has 2 aromatic rings. The summed E-state index contributed by atoms with van der Waals surface area (Å²) in [5, 5.41) is 4.90. The number of ether oxygens (including phenoxy) is 1. The van der Waals surface area contributed by atoms with E-state index < -0.39 is 26.6 Å². The van der Waals surface area contributed by atoms with Gasteiger partial charge in [-0.25, -0.2) is 22.3 Å². The Bertz CT molecular complexity index is 781. The van der Waals surface area contributed by atoms with E-state index in [1.807, 2.05) is 0 Å². The summed E-state index contributed by atoms with van der Waals surface area (Å²) in [6.45, 7) is -0.277. The quantitative estimate of drug-likeness (QED) is 0.935. The molecule has 0 spiro atoms. The van der Waals surface area contributed by atoms with Gasteiger partial charge in [-0.2, -0.15) is 0 Å². The molecule has 2 N–H and O–H groups in total. The number of nitrogens with two attached hydrogens (primary N) is 1. The van der Waals surface area contributed by atoms with Crippen LogP contribution in [0.2, 0.25) is 5.02 Å². The summed E-state index contributed by atoms with van der Waals surface area (Å²) in [6, 6.07) is 7.18. The van der Waals surface area contributed by atoms with Crippen LogP contribution in [0.15, 0.2) is 41.3 Å². The minimum atomic E-state index is -4.16. The van der Waals surface area contributed by atoms with E-state index in [1.54, 1.807) is 0 Å². The second-order valence-electron chi connectivity index (χ2n) is 4.14. The molecule has 0 saturated carbocycles. The summed E-state index contributed by atoms with van der Waals surface area (Å²) >= 11 is 5.62. The number of rotatable bonds is 4. The zero-order valence-electron chi connectivity index (χ0n) is 10.5. The number of halogens is 3. The maximum atomic E-state index is 13.7. The van der Waals surface area contributed by atoms with Gasteiger partial charge in [0.15, 0.2) is 0 Å². The monoisotopic (exact) mass is 333 g/mol. The molecule has 0 fully saturated rings. The van der Waals surface area contributed by atoms with E-state index in [-0.39, 0.29) is 22.9 Å². The molecule has 0 aliphatic heterocycles. The highest BCUT2D eigenvalue weighted by atomic mass is 35.5. The van der Waals surface area contributed by atoms with Gasteiger partial charge in [-0.15, -0.1) is 0 Å². The first-order chi connectivity index (χ1) is 9.79. The molecule has 0 heterocycles. The number of primary sulfonamides is 1. The molecule has 0 bridgehead atoms. The molecule has 0 amide bonds. The molecule has 0 saturated heterocycles. The van der Waals surface area contributed by atoms with Gasteiger partial charge in [-0.3, -0.25) is 0 Å². The highest BCUT2D eigenvalue weighted by Gasteiger charge is 2.17. The lowest BCUT2D eigenvalue weighted by atomic mass is 10.2. The molecular formula is C13H10ClF2NO3S. The van der Waals surface area contributed by atoms with Crippen LogP contribution in [0.3, 0.4) is 0 Å². The fraction of sp³-hybridized carbons (Fsp3) is 0.0769. The predicted octanol–water partition coefficient (Wildman–Crippen LogP) is 2.84. The minimum absolute atomic E-state index is 0.0816. The van der Waals surface area contributed by atoms with Gasteiger partial charge in [-0.05, 0) is 24.3 Å². The topological polar surface area (TPSA) is 69.4 Å². The summed E-state index contributed by atoms with van der Waals surface area (Å²) in [4.78, 5) is -0.509. The third kappa shape index (κ3) is 3.69. The van der Waals surface area contributed by atoms with Crippen molar-refractivity contribution in [3.63, 3.8) is 0 Å². The maximum Gasteiger partial charge on any atom is 0.241 e. The van der Waals surface area contributed by atoms with E-state index >= 15 is 0 Å². The third-order valence-corrected chi connectivity index (χ3v) is 3.85. The van der Waals surface area contributed by atoms with Crippen molar-refractivity contribution in [3.8, 4) is 5.75 Å². The van der Waals surface area contributed by atoms with Crippen molar-refractivity contribution in [1.82, 2.24) is 0 Å². The number of sulfonamides is 1. The fourth-order valence-electron chi connectivity index (χ4n) is 1.64. The molecule has 2 rings (SSSR count). The predicted molar refractivity (Wildman–Crippen MR) is 73.5 cm³/mol. The van der Waals surface area contributed by atoms with Crippen LogP contribution in [0.1, 0.15) is 5.56 Å². The van der Waals surface area contributed by atoms with Crippen LogP contribution in [0.25, 0.3) is 0 Å². The molecule has 0 radical (unpaired) electrons. The zero-order valence-corrected chi connectivity index (χ0v) is 12.1. The van der Waals surface area contributed by atoms with Gasteiger partial charge >= 0.3 is 0 Å². The lowest BCUT2D eigenvalue weighted by Gasteiger charge is -2.11. The average Bonchev–Trinajstić information content (AvgIpc) is 2.40. The van der Waals surface area contributed by atoms with Crippen LogP contribution >= 0.6 is 11.6 Å². The van der Waals surface area contributed by atoms with E-state index in [0.29, 0.717) is 0 Å². The number of hydrogen-bond donors (Lipinski definition) is 1. The van der Waals surface area contributed by atoms with E-state index in [2.05, 4.69) is 0 Å². The van der Waals surface area contributed by atoms with Crippen LogP contribution in [-0.4, -0.2) is 8.42 Å². The van der Waals surface area contributed by atoms with E-state index in [0.717, 1.165) is 18.2 Å². The minimum Gasteiger partial charge on any atom is -0.487 e. The van der Waals surface area contributed by atoms with Gasteiger partial charge in [0.2, 0.25) is 10.0 Å². The first kappa shape index (κ1) is 15.7. The summed E-state index contributed by atoms with van der Waals surface area (Å²) in [6.07, 6.45) is 0. The molecule has 0 unspecified atom stereocenters. The number of hydrogen-bond acceptors (Lipinski definition) is 3. The van der Waals surface area contributed by atoms with Crippen molar-refractivity contribution in [2.75, 3.05) is 0 Å². The van der Waals surface area contributed by atoms with Crippen molar-refractivity contribution in [2.45, 2.75) is 11.5 Å². The molecule has 0 atom stereocenters. The summed E-state index contributed by atoms with van der Waals surface area (Å²) in [5.41, 5.74) is 0.132. The largest absolute Gasteiger partial charge is 0.487 e. The molecule has 0 aliphatic carbocycles. The van der Waals surface area contributed by atoms with Crippen molar-refractivity contribution in [1.29, 1.82) is 0 Å². The standard InChI is InChI=1S/C13H10ClF2NO3S/c14-10-3-1-2-8(13(10)16)7-20-11-5-4-9(15)6-12(11)21(17,18)19/h1-6H,7H2,(H2,17,18,19). The maximum absolute atomic E-state index is 13.7. The highest BCUT2D eigenvalue weighted by Crippen LogP contribution is 2.26. The van der Waals surface area contributed by atoms with Crippen LogP contribution in [0.4, 0.5) is 8.78 Å². The summed E-state index contributed by atoms with van der Waals surface area (Å²) in [5.74, 6) is -1.61. The SMILES string of the molecule is NS(=O)(=O)c1cc(F)ccc1OCc1cccc(Cl)c1F. The Hall–Kier alpha value is -1.70. The molecule has 2 aromatic carbocycles. The van der Waals surface area contributed by atoms with Crippen molar-refractivity contribution < 1.29 is 21.9 Å². The molecule has 8 heteroatoms. The van der Waals surface area contributed by atoms with E-state index in [9.17, 15) is 17.2 Å². The third-order valence-electron chi connectivity index (χ3n) is 2.63. The molecule has 0 aliphatic rings. The molecule has 21 heavy (non-hydrogen) atoms. The highest BCUT2D eigenvalue weighted by molar-refractivity contribution is 7.89. The molecule has 112 valence electrons. The first-order valence-electron chi connectivity index (χ1n) is 5.67. The van der Waals surface area contributed by atoms with E-state index in [1.165, 1.54) is 18.2 Å². The van der Waals surface area contributed by atoms with Gasteiger partial charge in [0, 0.05) is 5.56 Å². The fourth-order valence-corrected chi connectivity index (χ4v) is 2.52. The van der Waals surface area contributed by atoms with Crippen molar-refractivity contribution >= 4 is 21.6 Å². The van der Waals surface area contributed by atoms with Gasteiger partial charge in [0.25, 0.3) is 0 Å². The van der Waals surface area contributed by atoms with Crippen LogP contribution in [0.5, 0.6) is 5.75 Å². The van der Waals surface area contributed by atoms with Gasteiger partial charge < -0.3 is 4.74 Å². The van der Waals surface area contributed by atoms with Crippen LogP contribution in [0, 0.1) is 11.6 Å². The smallest absolute Gasteiger partial charge is 0.241 e. The second-order valence-corrected chi connectivity index (χ2v) is 6.07. The lowest BCUT2D eigenvalue weighted by molar-refractivity contribution is 0.291. The Morgan fingerprint density at radius 1 is 1.19 bits per heavy atom. The molecular weight excluding hydrogens is 324 g/mol. The molecule has 0 aromatic heterocycles. The summed E-state index contributed by atoms with van der Waals surface area (Å²) < 4.78 is 54.8. The number of benzene rings is 2. The average molecular weight is 334 g/mol. The Morgan fingerprint density at radius 3 is 2.57 bits per heavy atom. The van der Waals surface area contributed by atoms with Crippen LogP contribution < -0.4 is 9.88 Å². The Balaban J connectivity index is 2.31. The van der Waals surface area contributed by atoms with Gasteiger partial charge in [-0.1, -0.05) is 23.7 Å². The van der Waals surface area contributed by atoms with E-state index in [4.69, 9.17) is 21.5 Å².